The Bertz CT molecular complexity index is 1300. The van der Waals surface area contributed by atoms with Crippen LogP contribution in [0, 0.1) is 35.5 Å². The third-order valence-corrected chi connectivity index (χ3v) is 13.8. The minimum atomic E-state index is -2.29. The van der Waals surface area contributed by atoms with Crippen LogP contribution in [0.4, 0.5) is 0 Å². The Morgan fingerprint density at radius 3 is 2.11 bits per heavy atom. The molecule has 4 aliphatic rings. The van der Waals surface area contributed by atoms with Gasteiger partial charge < -0.3 is 54.1 Å². The van der Waals surface area contributed by atoms with Gasteiger partial charge in [-0.15, -0.1) is 0 Å². The van der Waals surface area contributed by atoms with E-state index in [-0.39, 0.29) is 42.7 Å². The Kier molecular flexibility index (Phi) is 18.3. The number of esters is 1. The number of piperidine rings is 1. The number of aliphatic hydroxyl groups is 5. The first-order valence-electron chi connectivity index (χ1n) is 21.9. The first-order valence-corrected chi connectivity index (χ1v) is 21.9. The molecule has 330 valence electrons. The fourth-order valence-corrected chi connectivity index (χ4v) is 10.4. The number of carbonyl (C=O) groups excluding carboxylic acids is 2. The highest BCUT2D eigenvalue weighted by molar-refractivity contribution is 5.88. The monoisotopic (exact) mass is 812 g/mol. The van der Waals surface area contributed by atoms with Gasteiger partial charge in [-0.2, -0.15) is 0 Å². The largest absolute Gasteiger partial charge is 0.456 e. The number of hydrogen-bond donors (Lipinski definition) is 5. The highest BCUT2D eigenvalue weighted by Crippen LogP contribution is 2.41. The van der Waals surface area contributed by atoms with Gasteiger partial charge in [-0.25, -0.2) is 4.79 Å². The number of methoxy groups -OCH3 is 3. The summed E-state index contributed by atoms with van der Waals surface area (Å²) in [6.45, 7) is 12.0. The minimum absolute atomic E-state index is 0.0373. The third kappa shape index (κ3) is 11.8. The van der Waals surface area contributed by atoms with E-state index in [2.05, 4.69) is 20.8 Å². The van der Waals surface area contributed by atoms with Crippen LogP contribution in [0.2, 0.25) is 0 Å². The van der Waals surface area contributed by atoms with E-state index in [0.717, 1.165) is 31.3 Å². The molecule has 5 N–H and O–H groups in total. The lowest BCUT2D eigenvalue weighted by molar-refractivity contribution is -0.346. The number of hydrogen-bond acceptors (Lipinski definition) is 12. The number of aliphatic hydroxyl groups excluding tert-OH is 4. The maximum atomic E-state index is 14.4. The zero-order valence-electron chi connectivity index (χ0n) is 36.3. The van der Waals surface area contributed by atoms with Crippen molar-refractivity contribution in [3.05, 3.63) is 11.6 Å². The van der Waals surface area contributed by atoms with E-state index < -0.39 is 84.4 Å². The molecule has 3 saturated heterocycles. The topological polar surface area (TPSA) is 185 Å². The number of allylic oxidation sites excluding steroid dienone is 1. The summed E-state index contributed by atoms with van der Waals surface area (Å²) in [6.07, 6.45) is 2.31. The standard InChI is InChI=1S/C44H77NO12/c1-10-13-31-19-25(2)18-26(3)20-37(54-8)40-38(55-9)22-28(5)44(52,57-40)41(49)42(50)45-17-12-11-14-32(45)43(51)56-39(29(6)34(47)24-35(31)48)27(4)21-30-15-16-33(46)36(23-30)53-7/h21,25-26,28-41,46-49,52H,10-20,22-24H2,1-9H3/b27-21+/t25?,26-,28+,29+,30-,31+,32-,33+,34-,35?,36+,37-,38-,39+,40+,41?,44+/m0/s1. The van der Waals surface area contributed by atoms with Crippen molar-refractivity contribution >= 4 is 11.9 Å². The van der Waals surface area contributed by atoms with Gasteiger partial charge in [-0.05, 0) is 113 Å². The second kappa shape index (κ2) is 21.7. The Balaban J connectivity index is 1.75. The van der Waals surface area contributed by atoms with E-state index in [1.807, 2.05) is 19.9 Å². The van der Waals surface area contributed by atoms with Crippen molar-refractivity contribution in [2.45, 2.75) is 192 Å². The molecule has 4 rings (SSSR count). The Labute approximate surface area is 341 Å². The summed E-state index contributed by atoms with van der Waals surface area (Å²) in [4.78, 5) is 30.0. The molecule has 0 aromatic heterocycles. The second-order valence-corrected chi connectivity index (χ2v) is 18.3. The highest BCUT2D eigenvalue weighted by Gasteiger charge is 2.56. The van der Waals surface area contributed by atoms with Gasteiger partial charge in [0.15, 0.2) is 6.10 Å². The van der Waals surface area contributed by atoms with Crippen LogP contribution < -0.4 is 0 Å². The Morgan fingerprint density at radius 1 is 0.807 bits per heavy atom. The zero-order valence-corrected chi connectivity index (χ0v) is 36.3. The number of nitrogens with zero attached hydrogens (tertiary/aromatic N) is 1. The van der Waals surface area contributed by atoms with Gasteiger partial charge in [0.25, 0.3) is 5.91 Å². The Hall–Kier alpha value is -1.68. The smallest absolute Gasteiger partial charge is 0.329 e. The lowest BCUT2D eigenvalue weighted by Crippen LogP contribution is -2.66. The molecular weight excluding hydrogens is 734 g/mol. The third-order valence-electron chi connectivity index (χ3n) is 13.8. The first kappa shape index (κ1) is 48.0. The van der Waals surface area contributed by atoms with Crippen LogP contribution in [0.3, 0.4) is 0 Å². The van der Waals surface area contributed by atoms with Gasteiger partial charge in [0, 0.05) is 39.7 Å². The van der Waals surface area contributed by atoms with Crippen molar-refractivity contribution < 1.29 is 58.8 Å². The Morgan fingerprint density at radius 2 is 1.46 bits per heavy atom. The fraction of sp³-hybridized carbons (Fsp3) is 0.909. The van der Waals surface area contributed by atoms with E-state index in [9.17, 15) is 35.1 Å². The van der Waals surface area contributed by atoms with Crippen LogP contribution in [0.25, 0.3) is 0 Å². The summed E-state index contributed by atoms with van der Waals surface area (Å²) in [5.41, 5.74) is 0.727. The molecule has 13 heteroatoms. The summed E-state index contributed by atoms with van der Waals surface area (Å²) in [5, 5.41) is 57.9. The second-order valence-electron chi connectivity index (χ2n) is 18.3. The van der Waals surface area contributed by atoms with Crippen LogP contribution in [-0.2, 0) is 33.3 Å². The molecule has 0 aromatic rings. The average Bonchev–Trinajstić information content (AvgIpc) is 3.18. The van der Waals surface area contributed by atoms with Crippen LogP contribution in [0.1, 0.15) is 125 Å². The van der Waals surface area contributed by atoms with E-state index in [1.54, 1.807) is 28.3 Å². The zero-order chi connectivity index (χ0) is 42.2. The number of cyclic esters (lactones) is 1. The van der Waals surface area contributed by atoms with E-state index >= 15 is 0 Å². The van der Waals surface area contributed by atoms with E-state index in [0.29, 0.717) is 51.4 Å². The quantitative estimate of drug-likeness (QED) is 0.179. The van der Waals surface area contributed by atoms with Crippen molar-refractivity contribution in [1.29, 1.82) is 0 Å². The van der Waals surface area contributed by atoms with Crippen molar-refractivity contribution in [3.8, 4) is 0 Å². The maximum Gasteiger partial charge on any atom is 0.329 e. The summed E-state index contributed by atoms with van der Waals surface area (Å²) >= 11 is 0. The molecule has 0 spiro atoms. The van der Waals surface area contributed by atoms with Gasteiger partial charge in [0.05, 0.1) is 36.6 Å². The summed E-state index contributed by atoms with van der Waals surface area (Å²) in [6, 6.07) is -1.05. The van der Waals surface area contributed by atoms with Crippen LogP contribution in [-0.4, -0.2) is 137 Å². The summed E-state index contributed by atoms with van der Waals surface area (Å²) in [5.74, 6) is -4.72. The highest BCUT2D eigenvalue weighted by atomic mass is 16.7. The maximum absolute atomic E-state index is 14.4. The number of amides is 1. The van der Waals surface area contributed by atoms with Gasteiger partial charge in [-0.1, -0.05) is 47.1 Å². The van der Waals surface area contributed by atoms with Crippen molar-refractivity contribution in [2.75, 3.05) is 27.9 Å². The van der Waals surface area contributed by atoms with Crippen molar-refractivity contribution in [3.63, 3.8) is 0 Å². The lowest BCUT2D eigenvalue weighted by Gasteiger charge is -2.49. The molecule has 4 fully saturated rings. The molecule has 1 aliphatic carbocycles. The van der Waals surface area contributed by atoms with Gasteiger partial charge in [0.2, 0.25) is 5.79 Å². The van der Waals surface area contributed by atoms with Gasteiger partial charge >= 0.3 is 5.97 Å². The number of carbonyl (C=O) groups is 2. The molecule has 1 amide bonds. The van der Waals surface area contributed by atoms with Crippen LogP contribution >= 0.6 is 0 Å². The molecule has 3 aliphatic heterocycles. The molecule has 3 unspecified atom stereocenters. The van der Waals surface area contributed by atoms with Crippen LogP contribution in [0.5, 0.6) is 0 Å². The van der Waals surface area contributed by atoms with Gasteiger partial charge in [-0.3, -0.25) is 4.79 Å². The summed E-state index contributed by atoms with van der Waals surface area (Å²) in [7, 11) is 4.74. The molecule has 57 heavy (non-hydrogen) atoms. The van der Waals surface area contributed by atoms with E-state index in [1.165, 1.54) is 4.90 Å². The number of ether oxygens (including phenoxy) is 5. The van der Waals surface area contributed by atoms with Crippen LogP contribution in [0.15, 0.2) is 11.6 Å². The average molecular weight is 812 g/mol. The minimum Gasteiger partial charge on any atom is -0.456 e. The molecule has 0 aromatic carbocycles. The van der Waals surface area contributed by atoms with Crippen molar-refractivity contribution in [2.24, 2.45) is 35.5 Å². The number of fused-ring (bicyclic) bond motifs is 3. The molecule has 0 radical (unpaired) electrons. The lowest BCUT2D eigenvalue weighted by atomic mass is 9.79. The molecule has 2 bridgehead atoms. The molecular formula is C44H77NO12. The predicted octanol–water partition coefficient (Wildman–Crippen LogP) is 4.53. The van der Waals surface area contributed by atoms with E-state index in [4.69, 9.17) is 23.7 Å². The SMILES string of the molecule is CCC[C@@H]1CC(C)C[C@H](C)C[C@H](OC)[C@H]2O[C@@](O)(C(O)C(=O)N3CCCC[C@H]3C(=O)O[C@H](/C(C)=C/[C@@H]3CC[C@@H](O)[C@H](OC)C3)[C@H](C)[C@@H](O)CC1O)[C@H](C)C[C@@H]2OC. The normalized spacial score (nSPS) is 44.1. The molecule has 13 nitrogen and oxygen atoms in total. The number of rotatable bonds is 7. The van der Waals surface area contributed by atoms with Crippen molar-refractivity contribution in [1.82, 2.24) is 4.90 Å². The predicted molar refractivity (Wildman–Crippen MR) is 215 cm³/mol. The molecule has 17 atom stereocenters. The molecule has 3 heterocycles. The fourth-order valence-electron chi connectivity index (χ4n) is 10.4. The summed E-state index contributed by atoms with van der Waals surface area (Å²) < 4.78 is 30.1. The van der Waals surface area contributed by atoms with Gasteiger partial charge in [0.1, 0.15) is 18.2 Å². The first-order chi connectivity index (χ1) is 27.0. The molecule has 1 saturated carbocycles.